The summed E-state index contributed by atoms with van der Waals surface area (Å²) in [6.07, 6.45) is 2.21. The van der Waals surface area contributed by atoms with Gasteiger partial charge in [-0.25, -0.2) is 0 Å². The Morgan fingerprint density at radius 1 is 1.55 bits per heavy atom. The van der Waals surface area contributed by atoms with Crippen LogP contribution in [0.3, 0.4) is 0 Å². The first-order chi connectivity index (χ1) is 9.32. The van der Waals surface area contributed by atoms with Crippen molar-refractivity contribution in [2.75, 3.05) is 12.8 Å². The normalized spacial score (nSPS) is 13.6. The molecule has 0 aliphatic rings. The molecule has 2 unspecified atom stereocenters. The van der Waals surface area contributed by atoms with Crippen LogP contribution >= 0.6 is 15.9 Å². The third kappa shape index (κ3) is 4.68. The average molecular weight is 363 g/mol. The third-order valence-electron chi connectivity index (χ3n) is 2.81. The van der Waals surface area contributed by atoms with Crippen molar-refractivity contribution in [3.8, 4) is 0 Å². The van der Waals surface area contributed by atoms with Crippen LogP contribution in [0.25, 0.3) is 0 Å². The van der Waals surface area contributed by atoms with Crippen LogP contribution in [-0.2, 0) is 10.8 Å². The van der Waals surface area contributed by atoms with Crippen molar-refractivity contribution in [1.82, 2.24) is 5.32 Å². The van der Waals surface area contributed by atoms with E-state index in [1.165, 1.54) is 18.2 Å². The summed E-state index contributed by atoms with van der Waals surface area (Å²) < 4.78 is 11.5. The molecular weight excluding hydrogens is 348 g/mol. The molecule has 8 heteroatoms. The van der Waals surface area contributed by atoms with E-state index >= 15 is 0 Å². The number of nitrogens with one attached hydrogen (secondary N) is 1. The summed E-state index contributed by atoms with van der Waals surface area (Å²) in [5.74, 6) is -0.380. The van der Waals surface area contributed by atoms with Crippen molar-refractivity contribution in [1.29, 1.82) is 0 Å². The quantitative estimate of drug-likeness (QED) is 0.620. The largest absolute Gasteiger partial charge is 0.352 e. The summed E-state index contributed by atoms with van der Waals surface area (Å²) >= 11 is 3.06. The second-order valence-electron chi connectivity index (χ2n) is 4.28. The van der Waals surface area contributed by atoms with Crippen LogP contribution in [0, 0.1) is 10.1 Å². The molecule has 1 aromatic rings. The standard InChI is InChI=1S/C12H15BrN2O4S/c1-8(20(2)19)5-6-14-12(16)9-3-4-10(13)11(7-9)15(17)18/h3-4,7-8H,5-6H2,1-2H3,(H,14,16). The van der Waals surface area contributed by atoms with Gasteiger partial charge in [0.15, 0.2) is 0 Å². The van der Waals surface area contributed by atoms with E-state index in [-0.39, 0.29) is 22.4 Å². The number of nitro groups is 1. The highest BCUT2D eigenvalue weighted by Gasteiger charge is 2.16. The Morgan fingerprint density at radius 2 is 2.20 bits per heavy atom. The van der Waals surface area contributed by atoms with Crippen molar-refractivity contribution in [2.45, 2.75) is 18.6 Å². The minimum atomic E-state index is -0.929. The summed E-state index contributed by atoms with van der Waals surface area (Å²) in [6, 6.07) is 4.20. The lowest BCUT2D eigenvalue weighted by Crippen LogP contribution is -2.27. The highest BCUT2D eigenvalue weighted by molar-refractivity contribution is 9.10. The van der Waals surface area contributed by atoms with E-state index in [0.29, 0.717) is 17.4 Å². The predicted molar refractivity (Wildman–Crippen MR) is 81.3 cm³/mol. The molecule has 20 heavy (non-hydrogen) atoms. The van der Waals surface area contributed by atoms with Gasteiger partial charge in [0.2, 0.25) is 0 Å². The lowest BCUT2D eigenvalue weighted by atomic mass is 10.2. The van der Waals surface area contributed by atoms with Gasteiger partial charge in [-0.2, -0.15) is 0 Å². The Morgan fingerprint density at radius 3 is 2.75 bits per heavy atom. The van der Waals surface area contributed by atoms with Gasteiger partial charge in [0.1, 0.15) is 0 Å². The number of rotatable bonds is 6. The molecule has 0 aliphatic carbocycles. The van der Waals surface area contributed by atoms with Crippen LogP contribution in [0.15, 0.2) is 22.7 Å². The van der Waals surface area contributed by atoms with E-state index < -0.39 is 15.7 Å². The molecule has 6 nitrogen and oxygen atoms in total. The molecule has 0 aliphatic heterocycles. The number of hydrogen-bond acceptors (Lipinski definition) is 4. The number of carbonyl (C=O) groups is 1. The molecule has 1 rings (SSSR count). The van der Waals surface area contributed by atoms with Crippen LogP contribution in [0.2, 0.25) is 0 Å². The maximum atomic E-state index is 11.9. The molecule has 0 saturated carbocycles. The monoisotopic (exact) mass is 362 g/mol. The first-order valence-corrected chi connectivity index (χ1v) is 8.28. The topological polar surface area (TPSA) is 89.3 Å². The summed E-state index contributed by atoms with van der Waals surface area (Å²) in [6.45, 7) is 2.22. The molecule has 0 bridgehead atoms. The van der Waals surface area contributed by atoms with Gasteiger partial charge in [-0.3, -0.25) is 19.1 Å². The molecule has 0 heterocycles. The molecule has 0 spiro atoms. The average Bonchev–Trinajstić information content (AvgIpc) is 2.38. The van der Waals surface area contributed by atoms with Crippen LogP contribution in [0.5, 0.6) is 0 Å². The first-order valence-electron chi connectivity index (χ1n) is 5.87. The minimum absolute atomic E-state index is 0.00504. The zero-order chi connectivity index (χ0) is 15.3. The van der Waals surface area contributed by atoms with Gasteiger partial charge in [0.05, 0.1) is 9.40 Å². The number of benzene rings is 1. The highest BCUT2D eigenvalue weighted by Crippen LogP contribution is 2.25. The summed E-state index contributed by atoms with van der Waals surface area (Å²) in [7, 11) is -0.929. The molecule has 2 atom stereocenters. The smallest absolute Gasteiger partial charge is 0.284 e. The van der Waals surface area contributed by atoms with Crippen LogP contribution in [0.4, 0.5) is 5.69 Å². The van der Waals surface area contributed by atoms with E-state index in [2.05, 4.69) is 21.2 Å². The van der Waals surface area contributed by atoms with Gasteiger partial charge >= 0.3 is 0 Å². The van der Waals surface area contributed by atoms with E-state index in [4.69, 9.17) is 0 Å². The summed E-state index contributed by atoms with van der Waals surface area (Å²) in [5, 5.41) is 13.4. The molecule has 0 saturated heterocycles. The van der Waals surface area contributed by atoms with E-state index in [1.807, 2.05) is 6.92 Å². The van der Waals surface area contributed by atoms with Crippen LogP contribution in [0.1, 0.15) is 23.7 Å². The Hall–Kier alpha value is -1.28. The molecule has 0 fully saturated rings. The number of nitrogens with zero attached hydrogens (tertiary/aromatic N) is 1. The van der Waals surface area contributed by atoms with Crippen molar-refractivity contribution in [2.24, 2.45) is 0 Å². The van der Waals surface area contributed by atoms with Crippen LogP contribution in [-0.4, -0.2) is 33.1 Å². The Bertz CT molecular complexity index is 550. The second kappa shape index (κ2) is 7.49. The Labute approximate surface area is 127 Å². The molecule has 1 N–H and O–H groups in total. The maximum Gasteiger partial charge on any atom is 0.284 e. The van der Waals surface area contributed by atoms with Gasteiger partial charge in [0, 0.05) is 40.5 Å². The fraction of sp³-hybridized carbons (Fsp3) is 0.417. The lowest BCUT2D eigenvalue weighted by molar-refractivity contribution is -0.385. The molecule has 1 aromatic carbocycles. The van der Waals surface area contributed by atoms with Crippen molar-refractivity contribution in [3.63, 3.8) is 0 Å². The van der Waals surface area contributed by atoms with Crippen molar-refractivity contribution in [3.05, 3.63) is 38.3 Å². The molecule has 0 aromatic heterocycles. The highest BCUT2D eigenvalue weighted by atomic mass is 79.9. The second-order valence-corrected chi connectivity index (χ2v) is 6.93. The number of hydrogen-bond donors (Lipinski definition) is 1. The summed E-state index contributed by atoms with van der Waals surface area (Å²) in [5.41, 5.74) is 0.0749. The Kier molecular flexibility index (Phi) is 6.28. The minimum Gasteiger partial charge on any atom is -0.352 e. The van der Waals surface area contributed by atoms with Gasteiger partial charge < -0.3 is 5.32 Å². The molecule has 0 radical (unpaired) electrons. The molecule has 110 valence electrons. The van der Waals surface area contributed by atoms with Crippen molar-refractivity contribution >= 4 is 38.3 Å². The number of amides is 1. The maximum absolute atomic E-state index is 11.9. The van der Waals surface area contributed by atoms with Gasteiger partial charge in [-0.15, -0.1) is 0 Å². The molecular formula is C12H15BrN2O4S. The van der Waals surface area contributed by atoms with Crippen molar-refractivity contribution < 1.29 is 13.9 Å². The SMILES string of the molecule is CC(CCNC(=O)c1ccc(Br)c([N+](=O)[O-])c1)S(C)=O. The number of carbonyl (C=O) groups excluding carboxylic acids is 1. The van der Waals surface area contributed by atoms with E-state index in [1.54, 1.807) is 6.26 Å². The Balaban J connectivity index is 2.67. The van der Waals surface area contributed by atoms with Crippen LogP contribution < -0.4 is 5.32 Å². The van der Waals surface area contributed by atoms with E-state index in [0.717, 1.165) is 0 Å². The number of halogens is 1. The zero-order valence-electron chi connectivity index (χ0n) is 11.1. The fourth-order valence-corrected chi connectivity index (χ4v) is 2.29. The molecule has 1 amide bonds. The van der Waals surface area contributed by atoms with Gasteiger partial charge in [-0.05, 0) is 34.5 Å². The predicted octanol–water partition coefficient (Wildman–Crippen LogP) is 2.24. The lowest BCUT2D eigenvalue weighted by Gasteiger charge is -2.09. The van der Waals surface area contributed by atoms with Gasteiger partial charge in [0.25, 0.3) is 11.6 Å². The van der Waals surface area contributed by atoms with E-state index in [9.17, 15) is 19.1 Å². The number of nitro benzene ring substituents is 1. The van der Waals surface area contributed by atoms with Gasteiger partial charge in [-0.1, -0.05) is 6.92 Å². The fourth-order valence-electron chi connectivity index (χ4n) is 1.45. The third-order valence-corrected chi connectivity index (χ3v) is 4.85. The first kappa shape index (κ1) is 16.8. The summed E-state index contributed by atoms with van der Waals surface area (Å²) in [4.78, 5) is 22.1. The zero-order valence-corrected chi connectivity index (χ0v) is 13.5.